The molecule has 0 aliphatic carbocycles. The van der Waals surface area contributed by atoms with Crippen LogP contribution in [0, 0.1) is 23.3 Å². The number of likely N-dealkylation sites (tertiary alicyclic amines) is 1. The summed E-state index contributed by atoms with van der Waals surface area (Å²) in [6.45, 7) is 3.31. The molecule has 0 spiro atoms. The van der Waals surface area contributed by atoms with Crippen LogP contribution in [0.25, 0.3) is 0 Å². The maximum atomic E-state index is 15.1. The number of hydrogen-bond acceptors (Lipinski definition) is 4. The summed E-state index contributed by atoms with van der Waals surface area (Å²) in [6, 6.07) is 8.21. The van der Waals surface area contributed by atoms with Crippen molar-refractivity contribution in [3.8, 4) is 0 Å². The highest BCUT2D eigenvalue weighted by Gasteiger charge is 2.31. The van der Waals surface area contributed by atoms with Crippen LogP contribution in [0.4, 0.5) is 28.0 Å². The van der Waals surface area contributed by atoms with E-state index < -0.39 is 35.1 Å². The fraction of sp³-hybridized carbons (Fsp3) is 0.406. The SMILES string of the molecule is O=C(C[C@@H](c1ccc(F)cc1)c1cc(F)cc(F)c1)Nc1cncc(F)c1CC[C@H]1CNCCN1C(=O)N1CCCCC1. The van der Waals surface area contributed by atoms with Gasteiger partial charge in [0.05, 0.1) is 18.1 Å². The van der Waals surface area contributed by atoms with E-state index in [1.807, 2.05) is 9.80 Å². The molecular weight excluding hydrogens is 562 g/mol. The Morgan fingerprint density at radius 3 is 2.35 bits per heavy atom. The number of carbonyl (C=O) groups excluding carboxylic acids is 2. The molecule has 3 heterocycles. The normalized spacial score (nSPS) is 17.9. The number of nitrogens with one attached hydrogen (secondary N) is 2. The third-order valence-electron chi connectivity index (χ3n) is 8.18. The summed E-state index contributed by atoms with van der Waals surface area (Å²) in [7, 11) is 0. The number of anilines is 1. The molecule has 0 saturated carbocycles. The van der Waals surface area contributed by atoms with Crippen LogP contribution in [0.2, 0.25) is 0 Å². The third-order valence-corrected chi connectivity index (χ3v) is 8.18. The topological polar surface area (TPSA) is 77.6 Å². The van der Waals surface area contributed by atoms with Gasteiger partial charge in [0.2, 0.25) is 5.91 Å². The summed E-state index contributed by atoms with van der Waals surface area (Å²) in [6.07, 6.45) is 6.02. The second-order valence-electron chi connectivity index (χ2n) is 11.1. The van der Waals surface area contributed by atoms with Crippen LogP contribution in [0.5, 0.6) is 0 Å². The lowest BCUT2D eigenvalue weighted by molar-refractivity contribution is -0.116. The van der Waals surface area contributed by atoms with Gasteiger partial charge in [0.25, 0.3) is 0 Å². The van der Waals surface area contributed by atoms with Gasteiger partial charge in [0.1, 0.15) is 23.3 Å². The fourth-order valence-electron chi connectivity index (χ4n) is 5.96. The largest absolute Gasteiger partial charge is 0.325 e. The van der Waals surface area contributed by atoms with Gasteiger partial charge >= 0.3 is 6.03 Å². The summed E-state index contributed by atoms with van der Waals surface area (Å²) in [4.78, 5) is 34.2. The molecule has 2 aliphatic heterocycles. The first-order chi connectivity index (χ1) is 20.8. The van der Waals surface area contributed by atoms with Crippen molar-refractivity contribution < 1.29 is 27.2 Å². The van der Waals surface area contributed by atoms with Crippen molar-refractivity contribution in [2.75, 3.05) is 38.0 Å². The van der Waals surface area contributed by atoms with Crippen molar-refractivity contribution in [1.29, 1.82) is 0 Å². The van der Waals surface area contributed by atoms with Crippen LogP contribution >= 0.6 is 0 Å². The molecule has 11 heteroatoms. The van der Waals surface area contributed by atoms with Gasteiger partial charge in [-0.05, 0) is 67.5 Å². The number of aromatic nitrogens is 1. The second-order valence-corrected chi connectivity index (χ2v) is 11.1. The summed E-state index contributed by atoms with van der Waals surface area (Å²) < 4.78 is 56.9. The van der Waals surface area contributed by atoms with E-state index in [1.165, 1.54) is 30.5 Å². The van der Waals surface area contributed by atoms with Crippen molar-refractivity contribution in [3.63, 3.8) is 0 Å². The number of carbonyl (C=O) groups is 2. The quantitative estimate of drug-likeness (QED) is 0.331. The Balaban J connectivity index is 1.31. The van der Waals surface area contributed by atoms with Gasteiger partial charge in [0, 0.05) is 62.7 Å². The summed E-state index contributed by atoms with van der Waals surface area (Å²) >= 11 is 0. The van der Waals surface area contributed by atoms with Crippen molar-refractivity contribution >= 4 is 17.6 Å². The molecule has 2 N–H and O–H groups in total. The minimum absolute atomic E-state index is 0.00977. The second kappa shape index (κ2) is 14.0. The van der Waals surface area contributed by atoms with E-state index in [0.29, 0.717) is 31.6 Å². The Hall–Kier alpha value is -3.99. The Labute approximate surface area is 248 Å². The Bertz CT molecular complexity index is 1410. The lowest BCUT2D eigenvalue weighted by Gasteiger charge is -2.40. The average molecular weight is 598 g/mol. The molecule has 0 bridgehead atoms. The van der Waals surface area contributed by atoms with Gasteiger partial charge in [-0.1, -0.05) is 12.1 Å². The molecule has 2 saturated heterocycles. The number of rotatable bonds is 8. The number of halogens is 4. The van der Waals surface area contributed by atoms with Crippen LogP contribution in [0.1, 0.15) is 54.7 Å². The molecule has 228 valence electrons. The van der Waals surface area contributed by atoms with Crippen LogP contribution in [0.3, 0.4) is 0 Å². The summed E-state index contributed by atoms with van der Waals surface area (Å²) in [5.41, 5.74) is 1.14. The number of benzene rings is 2. The monoisotopic (exact) mass is 597 g/mol. The lowest BCUT2D eigenvalue weighted by atomic mass is 9.88. The first-order valence-electron chi connectivity index (χ1n) is 14.7. The highest BCUT2D eigenvalue weighted by Crippen LogP contribution is 2.31. The Morgan fingerprint density at radius 2 is 1.63 bits per heavy atom. The smallest absolute Gasteiger partial charge is 0.320 e. The van der Waals surface area contributed by atoms with Gasteiger partial charge in [-0.25, -0.2) is 22.4 Å². The van der Waals surface area contributed by atoms with E-state index in [0.717, 1.165) is 56.7 Å². The molecule has 1 aromatic heterocycles. The van der Waals surface area contributed by atoms with E-state index in [-0.39, 0.29) is 41.7 Å². The molecule has 5 rings (SSSR count). The molecule has 43 heavy (non-hydrogen) atoms. The first kappa shape index (κ1) is 30.5. The maximum Gasteiger partial charge on any atom is 0.320 e. The zero-order valence-electron chi connectivity index (χ0n) is 23.8. The molecular formula is C32H35F4N5O2. The highest BCUT2D eigenvalue weighted by atomic mass is 19.1. The number of urea groups is 1. The van der Waals surface area contributed by atoms with E-state index in [9.17, 15) is 22.8 Å². The molecule has 0 radical (unpaired) electrons. The Kier molecular flexibility index (Phi) is 9.91. The number of piperazine rings is 1. The van der Waals surface area contributed by atoms with Gasteiger partial charge in [-0.15, -0.1) is 0 Å². The predicted octanol–water partition coefficient (Wildman–Crippen LogP) is 5.61. The third kappa shape index (κ3) is 7.70. The highest BCUT2D eigenvalue weighted by molar-refractivity contribution is 5.92. The van der Waals surface area contributed by atoms with Crippen molar-refractivity contribution in [2.45, 2.75) is 50.5 Å². The van der Waals surface area contributed by atoms with Crippen molar-refractivity contribution in [2.24, 2.45) is 0 Å². The van der Waals surface area contributed by atoms with Gasteiger partial charge in [-0.3, -0.25) is 9.78 Å². The minimum atomic E-state index is -0.802. The number of hydrogen-bond donors (Lipinski definition) is 2. The van der Waals surface area contributed by atoms with Crippen LogP contribution in [-0.2, 0) is 11.2 Å². The molecule has 2 atom stereocenters. The van der Waals surface area contributed by atoms with Crippen LogP contribution in [0.15, 0.2) is 54.9 Å². The molecule has 0 unspecified atom stereocenters. The number of pyridine rings is 1. The van der Waals surface area contributed by atoms with Crippen LogP contribution in [-0.4, -0.2) is 65.5 Å². The zero-order chi connectivity index (χ0) is 30.3. The standard InChI is InChI=1S/C32H35F4N5O2/c33-23-6-4-21(5-7-23)28(22-14-24(34)16-25(35)15-22)17-31(42)39-30-20-38-19-29(36)27(30)9-8-26-18-37-10-13-41(26)32(43)40-11-2-1-3-12-40/h4-7,14-16,19-20,26,28,37H,1-3,8-13,17-18H2,(H,39,42)/t26-,28-/m0/s1. The van der Waals surface area contributed by atoms with Gasteiger partial charge in [-0.2, -0.15) is 0 Å². The molecule has 2 fully saturated rings. The average Bonchev–Trinajstić information content (AvgIpc) is 3.00. The predicted molar refractivity (Wildman–Crippen MR) is 155 cm³/mol. The summed E-state index contributed by atoms with van der Waals surface area (Å²) in [5, 5.41) is 6.05. The molecule has 2 aromatic carbocycles. The van der Waals surface area contributed by atoms with E-state index >= 15 is 4.39 Å². The number of piperidine rings is 1. The summed E-state index contributed by atoms with van der Waals surface area (Å²) in [5.74, 6) is -4.00. The molecule has 3 aromatic rings. The van der Waals surface area contributed by atoms with Crippen LogP contribution < -0.4 is 10.6 Å². The van der Waals surface area contributed by atoms with Gasteiger partial charge in [0.15, 0.2) is 0 Å². The maximum absolute atomic E-state index is 15.1. The number of nitrogens with zero attached hydrogens (tertiary/aromatic N) is 3. The molecule has 7 nitrogen and oxygen atoms in total. The van der Waals surface area contributed by atoms with Crippen molar-refractivity contribution in [1.82, 2.24) is 20.1 Å². The van der Waals surface area contributed by atoms with E-state index in [1.54, 1.807) is 0 Å². The Morgan fingerprint density at radius 1 is 0.907 bits per heavy atom. The van der Waals surface area contributed by atoms with Gasteiger partial charge < -0.3 is 20.4 Å². The molecule has 2 aliphatic rings. The minimum Gasteiger partial charge on any atom is -0.325 e. The first-order valence-corrected chi connectivity index (χ1v) is 14.7. The number of amides is 3. The van der Waals surface area contributed by atoms with E-state index in [2.05, 4.69) is 15.6 Å². The van der Waals surface area contributed by atoms with Crippen molar-refractivity contribution in [3.05, 3.63) is 94.8 Å². The van der Waals surface area contributed by atoms with E-state index in [4.69, 9.17) is 0 Å². The lowest BCUT2D eigenvalue weighted by Crippen LogP contribution is -2.57. The molecule has 3 amide bonds. The zero-order valence-corrected chi connectivity index (χ0v) is 23.8. The fourth-order valence-corrected chi connectivity index (χ4v) is 5.96.